The van der Waals surface area contributed by atoms with Crippen LogP contribution in [0.1, 0.15) is 38.8 Å². The van der Waals surface area contributed by atoms with Crippen molar-refractivity contribution in [3.63, 3.8) is 0 Å². The molecule has 0 atom stereocenters. The SMILES string of the molecule is CCc1ccc(C(=O)Nc2cc(Cl)c(NC(=O)c3ccc(C[N+](C)(C)[B][N+](C)(C)C)cc3)cc2Cl)cc1. The Kier molecular flexibility index (Phi) is 9.08. The first kappa shape index (κ1) is 28.7. The average molecular weight is 540 g/mol. The van der Waals surface area contributed by atoms with Crippen molar-refractivity contribution < 1.29 is 18.4 Å². The largest absolute Gasteiger partial charge is 0.791 e. The Hall–Kier alpha value is -2.84. The average Bonchev–Trinajstić information content (AvgIpc) is 2.80. The molecule has 0 heterocycles. The number of carbonyl (C=O) groups excluding carboxylic acids is 2. The van der Waals surface area contributed by atoms with Gasteiger partial charge >= 0.3 is 7.55 Å². The molecule has 0 saturated heterocycles. The second kappa shape index (κ2) is 11.7. The number of carbonyl (C=O) groups is 2. The molecule has 37 heavy (non-hydrogen) atoms. The molecule has 3 rings (SSSR count). The molecule has 3 aromatic rings. The van der Waals surface area contributed by atoms with Gasteiger partial charge in [-0.15, -0.1) is 0 Å². The van der Waals surface area contributed by atoms with E-state index in [1.807, 2.05) is 24.3 Å². The molecule has 0 aliphatic rings. The normalized spacial score (nSPS) is 11.7. The molecular formula is C28H34BCl2N4O2+2. The summed E-state index contributed by atoms with van der Waals surface area (Å²) in [6.45, 7) is 2.86. The predicted octanol–water partition coefficient (Wildman–Crippen LogP) is 5.88. The summed E-state index contributed by atoms with van der Waals surface area (Å²) in [6.07, 6.45) is 0.897. The fourth-order valence-corrected chi connectivity index (χ4v) is 4.65. The lowest BCUT2D eigenvalue weighted by molar-refractivity contribution is -0.888. The number of halogens is 2. The minimum Gasteiger partial charge on any atom is -0.337 e. The van der Waals surface area contributed by atoms with Gasteiger partial charge in [0.15, 0.2) is 0 Å². The van der Waals surface area contributed by atoms with Crippen LogP contribution < -0.4 is 10.6 Å². The molecule has 0 saturated carbocycles. The van der Waals surface area contributed by atoms with Crippen molar-refractivity contribution in [3.05, 3.63) is 93.0 Å². The monoisotopic (exact) mass is 539 g/mol. The molecule has 2 N–H and O–H groups in total. The lowest BCUT2D eigenvalue weighted by Gasteiger charge is -2.32. The topological polar surface area (TPSA) is 58.2 Å². The van der Waals surface area contributed by atoms with E-state index in [2.05, 4.69) is 60.3 Å². The number of benzene rings is 3. The summed E-state index contributed by atoms with van der Waals surface area (Å²) in [5, 5.41) is 6.12. The minimum absolute atomic E-state index is 0.265. The summed E-state index contributed by atoms with van der Waals surface area (Å²) in [5.74, 6) is -0.595. The van der Waals surface area contributed by atoms with Crippen molar-refractivity contribution in [2.24, 2.45) is 0 Å². The first-order valence-corrected chi connectivity index (χ1v) is 12.8. The van der Waals surface area contributed by atoms with Crippen LogP contribution in [0.2, 0.25) is 10.0 Å². The number of quaternary nitrogens is 2. The number of nitrogens with one attached hydrogen (secondary N) is 2. The lowest BCUT2D eigenvalue weighted by atomic mass is 9.97. The molecule has 193 valence electrons. The first-order valence-electron chi connectivity index (χ1n) is 12.1. The van der Waals surface area contributed by atoms with E-state index in [-0.39, 0.29) is 21.9 Å². The quantitative estimate of drug-likeness (QED) is 0.334. The molecule has 0 fully saturated rings. The van der Waals surface area contributed by atoms with Gasteiger partial charge in [-0.25, -0.2) is 0 Å². The van der Waals surface area contributed by atoms with Crippen LogP contribution in [0, 0.1) is 0 Å². The minimum atomic E-state index is -0.302. The molecule has 0 aliphatic heterocycles. The zero-order valence-corrected chi connectivity index (χ0v) is 23.7. The van der Waals surface area contributed by atoms with Gasteiger partial charge in [-0.1, -0.05) is 54.4 Å². The van der Waals surface area contributed by atoms with E-state index in [9.17, 15) is 9.59 Å². The third-order valence-corrected chi connectivity index (χ3v) is 6.27. The van der Waals surface area contributed by atoms with Crippen LogP contribution in [0.15, 0.2) is 60.7 Å². The molecule has 0 aliphatic carbocycles. The predicted molar refractivity (Wildman–Crippen MR) is 154 cm³/mol. The highest BCUT2D eigenvalue weighted by molar-refractivity contribution is 6.38. The summed E-state index contributed by atoms with van der Waals surface area (Å²) in [4.78, 5) is 25.5. The molecule has 3 aromatic carbocycles. The first-order chi connectivity index (χ1) is 17.3. The zero-order valence-electron chi connectivity index (χ0n) is 22.2. The molecule has 0 aromatic heterocycles. The van der Waals surface area contributed by atoms with Crippen molar-refractivity contribution in [2.45, 2.75) is 19.9 Å². The van der Waals surface area contributed by atoms with Gasteiger partial charge < -0.3 is 19.4 Å². The summed E-state index contributed by atoms with van der Waals surface area (Å²) < 4.78 is 1.45. The van der Waals surface area contributed by atoms with E-state index >= 15 is 0 Å². The van der Waals surface area contributed by atoms with Crippen LogP contribution in [0.4, 0.5) is 11.4 Å². The fourth-order valence-electron chi connectivity index (χ4n) is 4.23. The van der Waals surface area contributed by atoms with E-state index < -0.39 is 0 Å². The molecule has 9 heteroatoms. The Bertz CT molecular complexity index is 1270. The third kappa shape index (κ3) is 8.34. The maximum absolute atomic E-state index is 12.9. The number of hydrogen-bond acceptors (Lipinski definition) is 2. The zero-order chi connectivity index (χ0) is 27.4. The van der Waals surface area contributed by atoms with Crippen LogP contribution in [0.25, 0.3) is 0 Å². The molecule has 2 amide bonds. The van der Waals surface area contributed by atoms with E-state index in [0.717, 1.165) is 28.5 Å². The van der Waals surface area contributed by atoms with E-state index in [0.29, 0.717) is 26.9 Å². The van der Waals surface area contributed by atoms with Gasteiger partial charge in [0.2, 0.25) is 0 Å². The van der Waals surface area contributed by atoms with Gasteiger partial charge in [-0.05, 0) is 48.4 Å². The van der Waals surface area contributed by atoms with Crippen LogP contribution >= 0.6 is 23.2 Å². The molecule has 6 nitrogen and oxygen atoms in total. The van der Waals surface area contributed by atoms with Crippen LogP contribution in [0.5, 0.6) is 0 Å². The fraction of sp³-hybridized carbons (Fsp3) is 0.286. The van der Waals surface area contributed by atoms with Gasteiger partial charge in [0.25, 0.3) is 11.8 Å². The highest BCUT2D eigenvalue weighted by Crippen LogP contribution is 2.33. The smallest absolute Gasteiger partial charge is 0.337 e. The van der Waals surface area contributed by atoms with Crippen molar-refractivity contribution >= 4 is 53.9 Å². The van der Waals surface area contributed by atoms with E-state index in [4.69, 9.17) is 23.2 Å². The highest BCUT2D eigenvalue weighted by atomic mass is 35.5. The standard InChI is InChI=1S/C28H34BCl2N4O2/c1-7-19-8-12-21(13-9-19)27(36)32-25-16-24(31)26(17-23(25)30)33-28(37)22-14-10-20(11-15-22)18-35(5,6)29-34(2,3)4/h8-17H,7,18H2,1-6H3,(H,32,36)(H,33,37)/q+2. The maximum Gasteiger partial charge on any atom is 0.791 e. The van der Waals surface area contributed by atoms with Gasteiger partial charge in [-0.2, -0.15) is 0 Å². The van der Waals surface area contributed by atoms with Crippen molar-refractivity contribution in [1.82, 2.24) is 0 Å². The number of amides is 2. The second-order valence-electron chi connectivity index (χ2n) is 10.6. The Labute approximate surface area is 230 Å². The maximum atomic E-state index is 12.9. The van der Waals surface area contributed by atoms with Gasteiger partial charge in [-0.3, -0.25) is 9.59 Å². The molecule has 0 spiro atoms. The molecule has 0 unspecified atom stereocenters. The summed E-state index contributed by atoms with van der Waals surface area (Å²) in [6, 6.07) is 17.9. The van der Waals surface area contributed by atoms with Crippen molar-refractivity contribution in [2.75, 3.05) is 45.9 Å². The Morgan fingerprint density at radius 2 is 1.14 bits per heavy atom. The number of nitrogens with zero attached hydrogens (tertiary/aromatic N) is 2. The van der Waals surface area contributed by atoms with Gasteiger partial charge in [0.05, 0.1) is 63.2 Å². The van der Waals surface area contributed by atoms with Gasteiger partial charge in [0.1, 0.15) is 0 Å². The van der Waals surface area contributed by atoms with Crippen LogP contribution in [0.3, 0.4) is 0 Å². The Balaban J connectivity index is 1.67. The number of hydrogen-bond donors (Lipinski definition) is 2. The molecular weight excluding hydrogens is 506 g/mol. The van der Waals surface area contributed by atoms with Gasteiger partial charge in [0, 0.05) is 16.7 Å². The van der Waals surface area contributed by atoms with Crippen molar-refractivity contribution in [3.8, 4) is 0 Å². The van der Waals surface area contributed by atoms with Crippen molar-refractivity contribution in [1.29, 1.82) is 0 Å². The molecule has 1 radical (unpaired) electrons. The highest BCUT2D eigenvalue weighted by Gasteiger charge is 2.36. The van der Waals surface area contributed by atoms with E-state index in [1.54, 1.807) is 24.3 Å². The second-order valence-corrected chi connectivity index (χ2v) is 11.5. The summed E-state index contributed by atoms with van der Waals surface area (Å²) >= 11 is 12.8. The Morgan fingerprint density at radius 3 is 1.51 bits per heavy atom. The van der Waals surface area contributed by atoms with Crippen LogP contribution in [-0.2, 0) is 13.0 Å². The number of aryl methyl sites for hydroxylation is 1. The molecule has 0 bridgehead atoms. The lowest BCUT2D eigenvalue weighted by Crippen LogP contribution is -2.56. The Morgan fingerprint density at radius 1 is 0.730 bits per heavy atom. The van der Waals surface area contributed by atoms with E-state index in [1.165, 1.54) is 12.1 Å². The number of anilines is 2. The summed E-state index contributed by atoms with van der Waals surface area (Å²) in [7, 11) is 12.9. The van der Waals surface area contributed by atoms with Crippen LogP contribution in [-0.4, -0.2) is 63.4 Å². The number of rotatable bonds is 9. The third-order valence-electron chi connectivity index (χ3n) is 5.64. The summed E-state index contributed by atoms with van der Waals surface area (Å²) in [5.41, 5.74) is 4.02.